The first-order valence-corrected chi connectivity index (χ1v) is 6.55. The van der Waals surface area contributed by atoms with Crippen LogP contribution in [0, 0.1) is 0 Å². The number of hydrogen-bond donors (Lipinski definition) is 1. The van der Waals surface area contributed by atoms with Gasteiger partial charge in [-0.25, -0.2) is 0 Å². The summed E-state index contributed by atoms with van der Waals surface area (Å²) in [5, 5.41) is 7.79. The molecule has 0 radical (unpaired) electrons. The van der Waals surface area contributed by atoms with Crippen LogP contribution in [-0.4, -0.2) is 16.3 Å². The molecular weight excluding hydrogens is 222 g/mol. The minimum absolute atomic E-state index is 0.232. The number of aryl methyl sites for hydroxylation is 2. The Hall–Kier alpha value is -1.61. The smallest absolute Gasteiger partial charge is 0.0607 e. The first-order chi connectivity index (χ1) is 8.74. The molecule has 0 aliphatic rings. The molecule has 18 heavy (non-hydrogen) atoms. The molecule has 3 heteroatoms. The van der Waals surface area contributed by atoms with Crippen LogP contribution in [0.5, 0.6) is 0 Å². The molecule has 96 valence electrons. The Bertz CT molecular complexity index is 502. The van der Waals surface area contributed by atoms with Gasteiger partial charge >= 0.3 is 0 Å². The highest BCUT2D eigenvalue weighted by Crippen LogP contribution is 2.22. The maximum atomic E-state index is 4.26. The fraction of sp³-hybridized carbons (Fsp3) is 0.400. The summed E-state index contributed by atoms with van der Waals surface area (Å²) in [5.74, 6) is 0. The second kappa shape index (κ2) is 5.83. The molecule has 1 aromatic heterocycles. The third-order valence-corrected chi connectivity index (χ3v) is 3.16. The molecule has 0 bridgehead atoms. The molecule has 1 heterocycles. The molecule has 2 aromatic rings. The van der Waals surface area contributed by atoms with E-state index in [0.717, 1.165) is 13.0 Å². The summed E-state index contributed by atoms with van der Waals surface area (Å²) in [6, 6.07) is 9.00. The molecule has 1 unspecified atom stereocenters. The van der Waals surface area contributed by atoms with E-state index in [0.29, 0.717) is 0 Å². The van der Waals surface area contributed by atoms with Crippen LogP contribution in [0.2, 0.25) is 0 Å². The molecule has 0 aliphatic heterocycles. The van der Waals surface area contributed by atoms with Crippen molar-refractivity contribution in [2.45, 2.75) is 26.3 Å². The van der Waals surface area contributed by atoms with Crippen LogP contribution in [0.25, 0.3) is 0 Å². The van der Waals surface area contributed by atoms with Gasteiger partial charge in [0.1, 0.15) is 0 Å². The first-order valence-electron chi connectivity index (χ1n) is 6.55. The zero-order valence-corrected chi connectivity index (χ0v) is 11.4. The fourth-order valence-electron chi connectivity index (χ4n) is 2.21. The van der Waals surface area contributed by atoms with Crippen LogP contribution < -0.4 is 5.32 Å². The van der Waals surface area contributed by atoms with Gasteiger partial charge in [0.2, 0.25) is 0 Å². The van der Waals surface area contributed by atoms with Gasteiger partial charge in [0.25, 0.3) is 0 Å². The molecule has 3 nitrogen and oxygen atoms in total. The van der Waals surface area contributed by atoms with Gasteiger partial charge in [-0.2, -0.15) is 5.10 Å². The molecule has 0 saturated heterocycles. The Labute approximate surface area is 109 Å². The molecule has 1 N–H and O–H groups in total. The lowest BCUT2D eigenvalue weighted by atomic mass is 9.99. The number of hydrogen-bond acceptors (Lipinski definition) is 2. The average molecular weight is 243 g/mol. The predicted octanol–water partition coefficient (Wildman–Crippen LogP) is 2.68. The number of aromatic nitrogens is 2. The molecule has 0 aliphatic carbocycles. The summed E-state index contributed by atoms with van der Waals surface area (Å²) < 4.78 is 1.85. The minimum Gasteiger partial charge on any atom is -0.306 e. The minimum atomic E-state index is 0.232. The van der Waals surface area contributed by atoms with Crippen LogP contribution >= 0.6 is 0 Å². The molecule has 1 aromatic carbocycles. The van der Waals surface area contributed by atoms with Crippen molar-refractivity contribution < 1.29 is 0 Å². The first kappa shape index (κ1) is 12.8. The van der Waals surface area contributed by atoms with Crippen LogP contribution in [0.1, 0.15) is 36.6 Å². The monoisotopic (exact) mass is 243 g/mol. The van der Waals surface area contributed by atoms with E-state index in [1.54, 1.807) is 0 Å². The number of nitrogens with one attached hydrogen (secondary N) is 1. The van der Waals surface area contributed by atoms with E-state index < -0.39 is 0 Å². The van der Waals surface area contributed by atoms with Gasteiger partial charge in [-0.3, -0.25) is 4.68 Å². The van der Waals surface area contributed by atoms with Crippen molar-refractivity contribution in [2.75, 3.05) is 6.54 Å². The highest BCUT2D eigenvalue weighted by atomic mass is 15.2. The zero-order valence-electron chi connectivity index (χ0n) is 11.4. The lowest BCUT2D eigenvalue weighted by Gasteiger charge is -2.17. The van der Waals surface area contributed by atoms with Crippen molar-refractivity contribution in [3.63, 3.8) is 0 Å². The molecule has 0 spiro atoms. The van der Waals surface area contributed by atoms with Gasteiger partial charge in [0.05, 0.1) is 12.2 Å². The van der Waals surface area contributed by atoms with Gasteiger partial charge in [-0.15, -0.1) is 0 Å². The highest BCUT2D eigenvalue weighted by molar-refractivity contribution is 5.32. The summed E-state index contributed by atoms with van der Waals surface area (Å²) >= 11 is 0. The Kier molecular flexibility index (Phi) is 4.15. The summed E-state index contributed by atoms with van der Waals surface area (Å²) in [4.78, 5) is 0. The molecular formula is C15H21N3. The number of rotatable bonds is 5. The third-order valence-electron chi connectivity index (χ3n) is 3.16. The molecule has 0 fully saturated rings. The summed E-state index contributed by atoms with van der Waals surface area (Å²) in [6.45, 7) is 5.26. The van der Waals surface area contributed by atoms with Gasteiger partial charge in [0.15, 0.2) is 0 Å². The summed E-state index contributed by atoms with van der Waals surface area (Å²) in [6.07, 6.45) is 5.08. The summed E-state index contributed by atoms with van der Waals surface area (Å²) in [7, 11) is 1.95. The quantitative estimate of drug-likeness (QED) is 0.875. The SMILES string of the molecule is CCNC(c1cccc(CC)c1)c1cnn(C)c1. The lowest BCUT2D eigenvalue weighted by molar-refractivity contribution is 0.629. The van der Waals surface area contributed by atoms with Crippen molar-refractivity contribution in [1.29, 1.82) is 0 Å². The van der Waals surface area contributed by atoms with Crippen molar-refractivity contribution in [3.8, 4) is 0 Å². The molecule has 2 rings (SSSR count). The van der Waals surface area contributed by atoms with Crippen LogP contribution in [-0.2, 0) is 13.5 Å². The lowest BCUT2D eigenvalue weighted by Crippen LogP contribution is -2.21. The highest BCUT2D eigenvalue weighted by Gasteiger charge is 2.14. The van der Waals surface area contributed by atoms with Crippen molar-refractivity contribution >= 4 is 0 Å². The largest absolute Gasteiger partial charge is 0.306 e. The zero-order chi connectivity index (χ0) is 13.0. The molecule has 1 atom stereocenters. The Morgan fingerprint density at radius 3 is 2.72 bits per heavy atom. The van der Waals surface area contributed by atoms with Crippen molar-refractivity contribution in [3.05, 3.63) is 53.3 Å². The second-order valence-electron chi connectivity index (χ2n) is 4.54. The van der Waals surface area contributed by atoms with Crippen molar-refractivity contribution in [2.24, 2.45) is 7.05 Å². The Balaban J connectivity index is 2.34. The van der Waals surface area contributed by atoms with E-state index in [2.05, 4.69) is 54.7 Å². The number of benzene rings is 1. The average Bonchev–Trinajstić information content (AvgIpc) is 2.82. The van der Waals surface area contributed by atoms with E-state index in [1.165, 1.54) is 16.7 Å². The van der Waals surface area contributed by atoms with Crippen LogP contribution in [0.4, 0.5) is 0 Å². The Morgan fingerprint density at radius 2 is 2.11 bits per heavy atom. The third kappa shape index (κ3) is 2.79. The van der Waals surface area contributed by atoms with Gasteiger partial charge in [-0.1, -0.05) is 38.1 Å². The van der Waals surface area contributed by atoms with Crippen molar-refractivity contribution in [1.82, 2.24) is 15.1 Å². The van der Waals surface area contributed by atoms with E-state index in [4.69, 9.17) is 0 Å². The van der Waals surface area contributed by atoms with Gasteiger partial charge < -0.3 is 5.32 Å². The maximum absolute atomic E-state index is 4.26. The van der Waals surface area contributed by atoms with Crippen LogP contribution in [0.15, 0.2) is 36.7 Å². The van der Waals surface area contributed by atoms with Gasteiger partial charge in [0, 0.05) is 18.8 Å². The molecule has 0 amide bonds. The summed E-state index contributed by atoms with van der Waals surface area (Å²) in [5.41, 5.74) is 3.90. The maximum Gasteiger partial charge on any atom is 0.0607 e. The van der Waals surface area contributed by atoms with E-state index >= 15 is 0 Å². The second-order valence-corrected chi connectivity index (χ2v) is 4.54. The van der Waals surface area contributed by atoms with Crippen LogP contribution in [0.3, 0.4) is 0 Å². The van der Waals surface area contributed by atoms with E-state index in [9.17, 15) is 0 Å². The van der Waals surface area contributed by atoms with E-state index in [1.807, 2.05) is 17.9 Å². The normalized spacial score (nSPS) is 12.6. The number of nitrogens with zero attached hydrogens (tertiary/aromatic N) is 2. The van der Waals surface area contributed by atoms with E-state index in [-0.39, 0.29) is 6.04 Å². The molecule has 0 saturated carbocycles. The predicted molar refractivity (Wildman–Crippen MR) is 74.5 cm³/mol. The topological polar surface area (TPSA) is 29.9 Å². The van der Waals surface area contributed by atoms with Gasteiger partial charge in [-0.05, 0) is 24.1 Å². The Morgan fingerprint density at radius 1 is 1.28 bits per heavy atom. The standard InChI is InChI=1S/C15H21N3/c1-4-12-7-6-8-13(9-12)15(16-5-2)14-10-17-18(3)11-14/h6-11,15-16H,4-5H2,1-3H3. The fourth-order valence-corrected chi connectivity index (χ4v) is 2.21.